The van der Waals surface area contributed by atoms with E-state index in [0.717, 1.165) is 61.1 Å². The van der Waals surface area contributed by atoms with E-state index in [1.165, 1.54) is 4.90 Å². The molecule has 0 bridgehead atoms. The van der Waals surface area contributed by atoms with E-state index in [0.29, 0.717) is 12.3 Å². The van der Waals surface area contributed by atoms with Gasteiger partial charge >= 0.3 is 6.09 Å². The summed E-state index contributed by atoms with van der Waals surface area (Å²) in [6.07, 6.45) is 2.60. The maximum Gasteiger partial charge on any atom is 0.410 e. The molecule has 0 aromatic heterocycles. The number of amides is 3. The smallest absolute Gasteiger partial charge is 0.410 e. The van der Waals surface area contributed by atoms with Gasteiger partial charge in [-0.1, -0.05) is 41.6 Å². The van der Waals surface area contributed by atoms with Crippen LogP contribution in [-0.4, -0.2) is 83.0 Å². The van der Waals surface area contributed by atoms with Crippen molar-refractivity contribution in [3.05, 3.63) is 29.8 Å². The lowest BCUT2D eigenvalue weighted by Crippen LogP contribution is -2.54. The van der Waals surface area contributed by atoms with Crippen molar-refractivity contribution in [2.24, 2.45) is 11.8 Å². The van der Waals surface area contributed by atoms with Crippen LogP contribution in [0, 0.1) is 23.2 Å². The molecule has 10 heteroatoms. The number of anilines is 1. The third-order valence-electron chi connectivity index (χ3n) is 7.20. The summed E-state index contributed by atoms with van der Waals surface area (Å²) < 4.78 is 6.33. The van der Waals surface area contributed by atoms with Crippen LogP contribution in [0.1, 0.15) is 52.5 Å². The predicted molar refractivity (Wildman–Crippen MR) is 160 cm³/mol. The SMILES string of the molecule is C[C@H](CCI)[C@@H](C(=O)N[C@H](C#N)Cc1ccc(N2CCN(C(=O)C3CC3)CC2)cc1)N(C)C(=O)OC(C)(C)C. The van der Waals surface area contributed by atoms with Crippen molar-refractivity contribution in [1.29, 1.82) is 5.26 Å². The number of nitrogens with one attached hydrogen (secondary N) is 1. The van der Waals surface area contributed by atoms with Gasteiger partial charge in [-0.3, -0.25) is 14.5 Å². The van der Waals surface area contributed by atoms with E-state index in [-0.39, 0.29) is 17.7 Å². The molecular formula is C29H42IN5O4. The molecule has 0 spiro atoms. The molecule has 0 radical (unpaired) electrons. The molecule has 2 fully saturated rings. The average Bonchev–Trinajstić information content (AvgIpc) is 3.73. The van der Waals surface area contributed by atoms with Crippen molar-refractivity contribution >= 4 is 46.2 Å². The Labute approximate surface area is 246 Å². The highest BCUT2D eigenvalue weighted by molar-refractivity contribution is 14.1. The number of nitriles is 1. The van der Waals surface area contributed by atoms with E-state index in [9.17, 15) is 19.6 Å². The molecule has 3 rings (SSSR count). The molecule has 1 aliphatic carbocycles. The highest BCUT2D eigenvalue weighted by atomic mass is 127. The van der Waals surface area contributed by atoms with Gasteiger partial charge in [-0.15, -0.1) is 0 Å². The minimum absolute atomic E-state index is 0.113. The first-order chi connectivity index (χ1) is 18.4. The van der Waals surface area contributed by atoms with Gasteiger partial charge < -0.3 is 19.9 Å². The molecule has 1 N–H and O–H groups in total. The molecule has 39 heavy (non-hydrogen) atoms. The molecule has 214 valence electrons. The average molecular weight is 652 g/mol. The van der Waals surface area contributed by atoms with Gasteiger partial charge in [0.25, 0.3) is 0 Å². The first kappa shape index (κ1) is 31.0. The zero-order chi connectivity index (χ0) is 28.7. The van der Waals surface area contributed by atoms with Gasteiger partial charge in [0, 0.05) is 51.3 Å². The predicted octanol–water partition coefficient (Wildman–Crippen LogP) is 3.99. The lowest BCUT2D eigenvalue weighted by molar-refractivity contribution is -0.132. The lowest BCUT2D eigenvalue weighted by Gasteiger charge is -2.36. The molecule has 1 saturated heterocycles. The maximum atomic E-state index is 13.4. The Hall–Kier alpha value is -2.55. The van der Waals surface area contributed by atoms with Crippen LogP contribution < -0.4 is 10.2 Å². The third-order valence-corrected chi connectivity index (χ3v) is 7.83. The number of nitrogens with zero attached hydrogens (tertiary/aromatic N) is 4. The second-order valence-electron chi connectivity index (χ2n) is 11.6. The van der Waals surface area contributed by atoms with Crippen molar-refractivity contribution < 1.29 is 19.1 Å². The fraction of sp³-hybridized carbons (Fsp3) is 0.655. The summed E-state index contributed by atoms with van der Waals surface area (Å²) in [5, 5.41) is 12.7. The normalized spacial score (nSPS) is 18.0. The molecule has 0 unspecified atom stereocenters. The van der Waals surface area contributed by atoms with Crippen LogP contribution in [0.2, 0.25) is 0 Å². The summed E-state index contributed by atoms with van der Waals surface area (Å²) in [6, 6.07) is 8.75. The molecule has 9 nitrogen and oxygen atoms in total. The summed E-state index contributed by atoms with van der Waals surface area (Å²) in [4.78, 5) is 44.0. The van der Waals surface area contributed by atoms with Crippen LogP contribution in [0.25, 0.3) is 0 Å². The fourth-order valence-corrected chi connectivity index (χ4v) is 5.81. The Balaban J connectivity index is 1.59. The number of carbonyl (C=O) groups excluding carboxylic acids is 3. The third kappa shape index (κ3) is 8.98. The molecule has 1 saturated carbocycles. The van der Waals surface area contributed by atoms with E-state index in [1.807, 2.05) is 36.1 Å². The molecular weight excluding hydrogens is 609 g/mol. The number of piperazine rings is 1. The maximum absolute atomic E-state index is 13.4. The van der Waals surface area contributed by atoms with Gasteiger partial charge in [0.15, 0.2) is 0 Å². The number of halogens is 1. The highest BCUT2D eigenvalue weighted by Gasteiger charge is 2.36. The fourth-order valence-electron chi connectivity index (χ4n) is 4.83. The van der Waals surface area contributed by atoms with Gasteiger partial charge in [0.1, 0.15) is 17.7 Å². The summed E-state index contributed by atoms with van der Waals surface area (Å²) in [5.74, 6) is 0.0882. The minimum Gasteiger partial charge on any atom is -0.444 e. The first-order valence-electron chi connectivity index (χ1n) is 13.8. The quantitative estimate of drug-likeness (QED) is 0.303. The van der Waals surface area contributed by atoms with Crippen molar-refractivity contribution in [1.82, 2.24) is 15.1 Å². The molecule has 3 atom stereocenters. The van der Waals surface area contributed by atoms with E-state index in [1.54, 1.807) is 27.8 Å². The zero-order valence-corrected chi connectivity index (χ0v) is 25.9. The highest BCUT2D eigenvalue weighted by Crippen LogP contribution is 2.31. The number of rotatable bonds is 10. The topological polar surface area (TPSA) is 106 Å². The van der Waals surface area contributed by atoms with E-state index in [2.05, 4.69) is 38.9 Å². The number of benzene rings is 1. The number of alkyl halides is 1. The van der Waals surface area contributed by atoms with Crippen molar-refractivity contribution in [2.75, 3.05) is 42.6 Å². The van der Waals surface area contributed by atoms with E-state index >= 15 is 0 Å². The van der Waals surface area contributed by atoms with E-state index < -0.39 is 23.8 Å². The van der Waals surface area contributed by atoms with Gasteiger partial charge in [-0.25, -0.2) is 4.79 Å². The molecule has 1 heterocycles. The summed E-state index contributed by atoms with van der Waals surface area (Å²) in [7, 11) is 1.57. The number of hydrogen-bond donors (Lipinski definition) is 1. The Morgan fingerprint density at radius 1 is 1.15 bits per heavy atom. The second kappa shape index (κ2) is 13.7. The van der Waals surface area contributed by atoms with Gasteiger partial charge in [-0.2, -0.15) is 5.26 Å². The van der Waals surface area contributed by atoms with Crippen LogP contribution >= 0.6 is 22.6 Å². The van der Waals surface area contributed by atoms with Crippen LogP contribution in [0.5, 0.6) is 0 Å². The van der Waals surface area contributed by atoms with Crippen LogP contribution in [0.3, 0.4) is 0 Å². The van der Waals surface area contributed by atoms with Crippen molar-refractivity contribution in [2.45, 2.75) is 71.1 Å². The van der Waals surface area contributed by atoms with Crippen molar-refractivity contribution in [3.8, 4) is 6.07 Å². The molecule has 2 aliphatic rings. The van der Waals surface area contributed by atoms with E-state index in [4.69, 9.17) is 4.74 Å². The number of hydrogen-bond acceptors (Lipinski definition) is 6. The zero-order valence-electron chi connectivity index (χ0n) is 23.8. The van der Waals surface area contributed by atoms with Gasteiger partial charge in [-0.05, 0) is 68.1 Å². The van der Waals surface area contributed by atoms with Crippen LogP contribution in [0.15, 0.2) is 24.3 Å². The first-order valence-corrected chi connectivity index (χ1v) is 15.3. The summed E-state index contributed by atoms with van der Waals surface area (Å²) in [6.45, 7) is 10.4. The number of carbonyl (C=O) groups is 3. The molecule has 1 aromatic carbocycles. The van der Waals surface area contributed by atoms with Crippen LogP contribution in [-0.2, 0) is 20.7 Å². The Morgan fingerprint density at radius 3 is 2.28 bits per heavy atom. The number of likely N-dealkylation sites (N-methyl/N-ethyl adjacent to an activating group) is 1. The largest absolute Gasteiger partial charge is 0.444 e. The number of ether oxygens (including phenoxy) is 1. The molecule has 1 aromatic rings. The van der Waals surface area contributed by atoms with Gasteiger partial charge in [0.05, 0.1) is 6.07 Å². The lowest BCUT2D eigenvalue weighted by atomic mass is 9.96. The second-order valence-corrected chi connectivity index (χ2v) is 12.7. The minimum atomic E-state index is -0.752. The molecule has 3 amide bonds. The molecule has 1 aliphatic heterocycles. The summed E-state index contributed by atoms with van der Waals surface area (Å²) in [5.41, 5.74) is 1.34. The Kier molecular flexibility index (Phi) is 10.9. The Bertz CT molecular complexity index is 1040. The van der Waals surface area contributed by atoms with Crippen molar-refractivity contribution in [3.63, 3.8) is 0 Å². The summed E-state index contributed by atoms with van der Waals surface area (Å²) >= 11 is 2.26. The Morgan fingerprint density at radius 2 is 1.77 bits per heavy atom. The van der Waals surface area contributed by atoms with Crippen LogP contribution in [0.4, 0.5) is 10.5 Å². The van der Waals surface area contributed by atoms with Gasteiger partial charge in [0.2, 0.25) is 11.8 Å². The monoisotopic (exact) mass is 651 g/mol. The standard InChI is InChI=1S/C29H42IN5O4/c1-20(12-13-30)25(33(5)28(38)39-29(2,3)4)26(36)32-23(19-31)18-21-6-10-24(11-7-21)34-14-16-35(17-15-34)27(37)22-8-9-22/h6-7,10-11,20,22-23,25H,8-9,12-18H2,1-5H3,(H,32,36)/t20-,23+,25+/m1/s1.